The summed E-state index contributed by atoms with van der Waals surface area (Å²) in [5.41, 5.74) is 1.01. The summed E-state index contributed by atoms with van der Waals surface area (Å²) in [5, 5.41) is 17.2. The molecule has 1 aromatic rings. The SMILES string of the molecule is CC(C)CN1CC(CCCCN(C(=O)O)C(C)(C)C)NC(=O)c2nn(CC(C)C)cc21. The van der Waals surface area contributed by atoms with Crippen molar-refractivity contribution in [2.75, 3.05) is 24.5 Å². The Kier molecular flexibility index (Phi) is 8.37. The highest BCUT2D eigenvalue weighted by Crippen LogP contribution is 2.25. The number of unbranched alkanes of at least 4 members (excludes halogenated alkanes) is 1. The molecule has 0 aromatic carbocycles. The number of rotatable bonds is 9. The molecule has 1 atom stereocenters. The van der Waals surface area contributed by atoms with Gasteiger partial charge in [0.15, 0.2) is 5.69 Å². The minimum absolute atomic E-state index is 0.0203. The molecule has 1 aliphatic heterocycles. The van der Waals surface area contributed by atoms with Gasteiger partial charge in [0.05, 0.1) is 5.69 Å². The van der Waals surface area contributed by atoms with E-state index in [0.29, 0.717) is 24.1 Å². The zero-order valence-corrected chi connectivity index (χ0v) is 20.3. The Morgan fingerprint density at radius 2 is 1.87 bits per heavy atom. The van der Waals surface area contributed by atoms with Crippen LogP contribution in [0.25, 0.3) is 0 Å². The first-order valence-corrected chi connectivity index (χ1v) is 11.5. The van der Waals surface area contributed by atoms with E-state index < -0.39 is 11.6 Å². The second kappa shape index (κ2) is 10.4. The molecule has 0 saturated carbocycles. The molecular formula is C23H41N5O3. The molecule has 0 bridgehead atoms. The molecule has 31 heavy (non-hydrogen) atoms. The molecule has 2 N–H and O–H groups in total. The van der Waals surface area contributed by atoms with E-state index in [1.54, 1.807) is 0 Å². The van der Waals surface area contributed by atoms with Crippen molar-refractivity contribution in [2.24, 2.45) is 11.8 Å². The van der Waals surface area contributed by atoms with Crippen molar-refractivity contribution in [3.8, 4) is 0 Å². The lowest BCUT2D eigenvalue weighted by Crippen LogP contribution is -2.45. The van der Waals surface area contributed by atoms with Crippen molar-refractivity contribution < 1.29 is 14.7 Å². The number of fused-ring (bicyclic) bond motifs is 1. The Labute approximate surface area is 187 Å². The maximum absolute atomic E-state index is 12.9. The summed E-state index contributed by atoms with van der Waals surface area (Å²) < 4.78 is 1.88. The number of hydrogen-bond donors (Lipinski definition) is 2. The molecule has 2 heterocycles. The highest BCUT2D eigenvalue weighted by Gasteiger charge is 2.30. The number of nitrogens with zero attached hydrogens (tertiary/aromatic N) is 4. The van der Waals surface area contributed by atoms with Crippen molar-refractivity contribution in [3.05, 3.63) is 11.9 Å². The third-order valence-electron chi connectivity index (χ3n) is 5.44. The molecule has 0 saturated heterocycles. The summed E-state index contributed by atoms with van der Waals surface area (Å²) in [4.78, 5) is 28.2. The van der Waals surface area contributed by atoms with Crippen LogP contribution < -0.4 is 10.2 Å². The molecule has 8 nitrogen and oxygen atoms in total. The first-order valence-electron chi connectivity index (χ1n) is 11.5. The molecule has 1 aliphatic rings. The van der Waals surface area contributed by atoms with E-state index in [2.05, 4.69) is 43.0 Å². The quantitative estimate of drug-likeness (QED) is 0.571. The second-order valence-electron chi connectivity index (χ2n) is 10.5. The van der Waals surface area contributed by atoms with Gasteiger partial charge in [0.2, 0.25) is 0 Å². The lowest BCUT2D eigenvalue weighted by molar-refractivity contribution is 0.0933. The zero-order chi connectivity index (χ0) is 23.3. The van der Waals surface area contributed by atoms with Crippen LogP contribution in [0.15, 0.2) is 6.20 Å². The Morgan fingerprint density at radius 1 is 1.23 bits per heavy atom. The molecule has 0 fully saturated rings. The van der Waals surface area contributed by atoms with Crippen LogP contribution in [0, 0.1) is 11.8 Å². The van der Waals surface area contributed by atoms with Gasteiger partial charge in [-0.2, -0.15) is 5.10 Å². The minimum Gasteiger partial charge on any atom is -0.465 e. The normalized spacial score (nSPS) is 17.0. The molecule has 0 radical (unpaired) electrons. The molecule has 1 aromatic heterocycles. The summed E-state index contributed by atoms with van der Waals surface area (Å²) >= 11 is 0. The second-order valence-corrected chi connectivity index (χ2v) is 10.5. The minimum atomic E-state index is -0.887. The smallest absolute Gasteiger partial charge is 0.407 e. The summed E-state index contributed by atoms with van der Waals surface area (Å²) in [5.74, 6) is 0.804. The van der Waals surface area contributed by atoms with Gasteiger partial charge in [-0.3, -0.25) is 9.48 Å². The summed E-state index contributed by atoms with van der Waals surface area (Å²) in [6.07, 6.45) is 3.56. The van der Waals surface area contributed by atoms with Gasteiger partial charge < -0.3 is 20.2 Å². The Bertz CT molecular complexity index is 751. The maximum Gasteiger partial charge on any atom is 0.407 e. The first-order chi connectivity index (χ1) is 14.4. The molecule has 1 unspecified atom stereocenters. The fourth-order valence-electron chi connectivity index (χ4n) is 4.09. The number of aromatic nitrogens is 2. The number of carbonyl (C=O) groups is 2. The number of carbonyl (C=O) groups excluding carboxylic acids is 1. The van der Waals surface area contributed by atoms with Gasteiger partial charge in [0, 0.05) is 44.0 Å². The maximum atomic E-state index is 12.9. The van der Waals surface area contributed by atoms with E-state index >= 15 is 0 Å². The summed E-state index contributed by atoms with van der Waals surface area (Å²) in [6, 6.07) is 0.0203. The van der Waals surface area contributed by atoms with E-state index in [1.165, 1.54) is 4.90 Å². The number of nitrogens with one attached hydrogen (secondary N) is 1. The van der Waals surface area contributed by atoms with Crippen LogP contribution in [0.4, 0.5) is 10.5 Å². The molecule has 2 amide bonds. The Hall–Kier alpha value is -2.25. The van der Waals surface area contributed by atoms with E-state index in [1.807, 2.05) is 31.6 Å². The van der Waals surface area contributed by atoms with Crippen molar-refractivity contribution in [2.45, 2.75) is 85.9 Å². The number of carboxylic acid groups (broad SMARTS) is 1. The van der Waals surface area contributed by atoms with Crippen LogP contribution in [0.3, 0.4) is 0 Å². The third-order valence-corrected chi connectivity index (χ3v) is 5.44. The van der Waals surface area contributed by atoms with Crippen LogP contribution in [0.5, 0.6) is 0 Å². The fraction of sp³-hybridized carbons (Fsp3) is 0.783. The van der Waals surface area contributed by atoms with Crippen LogP contribution in [0.1, 0.15) is 78.2 Å². The van der Waals surface area contributed by atoms with Crippen LogP contribution in [0.2, 0.25) is 0 Å². The highest BCUT2D eigenvalue weighted by atomic mass is 16.4. The lowest BCUT2D eigenvalue weighted by atomic mass is 10.0. The average molecular weight is 436 g/mol. The van der Waals surface area contributed by atoms with E-state index in [0.717, 1.165) is 44.6 Å². The summed E-state index contributed by atoms with van der Waals surface area (Å²) in [7, 11) is 0. The number of hydrogen-bond acceptors (Lipinski definition) is 4. The van der Waals surface area contributed by atoms with Gasteiger partial charge in [0.1, 0.15) is 0 Å². The molecule has 2 rings (SSSR count). The van der Waals surface area contributed by atoms with Gasteiger partial charge in [-0.1, -0.05) is 27.7 Å². The van der Waals surface area contributed by atoms with E-state index in [9.17, 15) is 14.7 Å². The molecule has 8 heteroatoms. The first kappa shape index (κ1) is 25.0. The summed E-state index contributed by atoms with van der Waals surface area (Å²) in [6.45, 7) is 17.3. The largest absolute Gasteiger partial charge is 0.465 e. The molecule has 0 aliphatic carbocycles. The van der Waals surface area contributed by atoms with Gasteiger partial charge in [-0.15, -0.1) is 0 Å². The predicted molar refractivity (Wildman–Crippen MR) is 124 cm³/mol. The number of anilines is 1. The highest BCUT2D eigenvalue weighted by molar-refractivity contribution is 5.98. The molecular weight excluding hydrogens is 394 g/mol. The zero-order valence-electron chi connectivity index (χ0n) is 20.3. The van der Waals surface area contributed by atoms with Crippen molar-refractivity contribution in [1.29, 1.82) is 0 Å². The van der Waals surface area contributed by atoms with Crippen LogP contribution in [-0.2, 0) is 6.54 Å². The standard InChI is InChI=1S/C23H41N5O3/c1-16(2)12-26-14-18(10-8-9-11-28(22(30)31)23(5,6)7)24-21(29)20-19(26)15-27(25-20)13-17(3)4/h15-18H,8-14H2,1-7H3,(H,24,29)(H,30,31). The van der Waals surface area contributed by atoms with E-state index in [-0.39, 0.29) is 11.9 Å². The Balaban J connectivity index is 2.05. The van der Waals surface area contributed by atoms with Crippen molar-refractivity contribution in [3.63, 3.8) is 0 Å². The van der Waals surface area contributed by atoms with Gasteiger partial charge in [-0.05, 0) is 51.9 Å². The predicted octanol–water partition coefficient (Wildman–Crippen LogP) is 4.06. The van der Waals surface area contributed by atoms with Crippen molar-refractivity contribution in [1.82, 2.24) is 20.0 Å². The third kappa shape index (κ3) is 7.14. The van der Waals surface area contributed by atoms with Crippen LogP contribution >= 0.6 is 0 Å². The lowest BCUT2D eigenvalue weighted by Gasteiger charge is -2.33. The molecule has 176 valence electrons. The number of amides is 2. The Morgan fingerprint density at radius 3 is 2.42 bits per heavy atom. The van der Waals surface area contributed by atoms with Crippen LogP contribution in [-0.4, -0.2) is 63.0 Å². The molecule has 0 spiro atoms. The van der Waals surface area contributed by atoms with Gasteiger partial charge >= 0.3 is 6.09 Å². The monoisotopic (exact) mass is 435 g/mol. The fourth-order valence-corrected chi connectivity index (χ4v) is 4.09. The topological polar surface area (TPSA) is 90.7 Å². The average Bonchev–Trinajstić information content (AvgIpc) is 2.97. The van der Waals surface area contributed by atoms with Gasteiger partial charge in [-0.25, -0.2) is 4.79 Å². The van der Waals surface area contributed by atoms with Crippen molar-refractivity contribution >= 4 is 17.7 Å². The van der Waals surface area contributed by atoms with Gasteiger partial charge in [0.25, 0.3) is 5.91 Å². The van der Waals surface area contributed by atoms with E-state index in [4.69, 9.17) is 0 Å².